The van der Waals surface area contributed by atoms with Gasteiger partial charge in [0.25, 0.3) is 0 Å². The van der Waals surface area contributed by atoms with Gasteiger partial charge in [-0.3, -0.25) is 0 Å². The first-order valence-electron chi connectivity index (χ1n) is 5.90. The normalized spacial score (nSPS) is 10.9. The first kappa shape index (κ1) is 10.2. The Kier molecular flexibility index (Phi) is 2.25. The molecule has 1 aromatic heterocycles. The van der Waals surface area contributed by atoms with Crippen LogP contribution in [0.2, 0.25) is 0 Å². The van der Waals surface area contributed by atoms with E-state index in [2.05, 4.69) is 73.1 Å². The van der Waals surface area contributed by atoms with Crippen molar-refractivity contribution in [3.8, 4) is 5.69 Å². The number of rotatable bonds is 1. The van der Waals surface area contributed by atoms with E-state index in [0.717, 1.165) is 0 Å². The monoisotopic (exact) mass is 221 g/mol. The van der Waals surface area contributed by atoms with Crippen molar-refractivity contribution >= 4 is 10.9 Å². The number of hydrogen-bond acceptors (Lipinski definition) is 0. The van der Waals surface area contributed by atoms with Gasteiger partial charge in [-0.1, -0.05) is 30.3 Å². The fourth-order valence-electron chi connectivity index (χ4n) is 2.29. The van der Waals surface area contributed by atoms with E-state index in [-0.39, 0.29) is 0 Å². The molecule has 84 valence electrons. The topological polar surface area (TPSA) is 4.93 Å². The van der Waals surface area contributed by atoms with Gasteiger partial charge in [-0.2, -0.15) is 0 Å². The van der Waals surface area contributed by atoms with Crippen LogP contribution in [0.1, 0.15) is 11.1 Å². The quantitative estimate of drug-likeness (QED) is 0.579. The Labute approximate surface area is 101 Å². The lowest BCUT2D eigenvalue weighted by molar-refractivity contribution is 1.09. The molecular weight excluding hydrogens is 206 g/mol. The molecule has 1 heterocycles. The summed E-state index contributed by atoms with van der Waals surface area (Å²) in [6.07, 6.45) is 2.15. The standard InChI is InChI=1S/C16H15N/c1-12-6-5-9-15(13(12)2)17-11-10-14-7-3-4-8-16(14)17/h3-11H,1-2H3. The molecule has 1 heteroatoms. The molecule has 3 aromatic rings. The number of aryl methyl sites for hydroxylation is 1. The second-order valence-electron chi connectivity index (χ2n) is 4.46. The third kappa shape index (κ3) is 1.55. The fraction of sp³-hybridized carbons (Fsp3) is 0.125. The molecule has 0 N–H and O–H groups in total. The SMILES string of the molecule is Cc1cccc(-n2ccc3ccccc32)c1C. The molecule has 17 heavy (non-hydrogen) atoms. The molecule has 0 bridgehead atoms. The summed E-state index contributed by atoms with van der Waals surface area (Å²) in [7, 11) is 0. The number of aromatic nitrogens is 1. The zero-order chi connectivity index (χ0) is 11.8. The molecule has 0 atom stereocenters. The van der Waals surface area contributed by atoms with E-state index in [1.165, 1.54) is 27.7 Å². The Morgan fingerprint density at radius 1 is 0.824 bits per heavy atom. The van der Waals surface area contributed by atoms with Crippen molar-refractivity contribution in [1.82, 2.24) is 4.57 Å². The van der Waals surface area contributed by atoms with E-state index >= 15 is 0 Å². The number of para-hydroxylation sites is 1. The van der Waals surface area contributed by atoms with Crippen molar-refractivity contribution < 1.29 is 0 Å². The molecule has 0 spiro atoms. The maximum Gasteiger partial charge on any atom is 0.0528 e. The number of benzene rings is 2. The number of fused-ring (bicyclic) bond motifs is 1. The van der Waals surface area contributed by atoms with Gasteiger partial charge in [0.2, 0.25) is 0 Å². The van der Waals surface area contributed by atoms with Gasteiger partial charge in [0.05, 0.1) is 5.52 Å². The van der Waals surface area contributed by atoms with Crippen LogP contribution < -0.4 is 0 Å². The highest BCUT2D eigenvalue weighted by Gasteiger charge is 2.05. The minimum atomic E-state index is 1.27. The maximum absolute atomic E-state index is 2.26. The van der Waals surface area contributed by atoms with Crippen LogP contribution in [0.15, 0.2) is 54.7 Å². The highest BCUT2D eigenvalue weighted by atomic mass is 15.0. The lowest BCUT2D eigenvalue weighted by Gasteiger charge is -2.11. The van der Waals surface area contributed by atoms with Gasteiger partial charge >= 0.3 is 0 Å². The average molecular weight is 221 g/mol. The summed E-state index contributed by atoms with van der Waals surface area (Å²) in [6.45, 7) is 4.34. The summed E-state index contributed by atoms with van der Waals surface area (Å²) in [6, 6.07) is 17.1. The summed E-state index contributed by atoms with van der Waals surface area (Å²) in [5.74, 6) is 0. The van der Waals surface area contributed by atoms with Crippen molar-refractivity contribution in [1.29, 1.82) is 0 Å². The largest absolute Gasteiger partial charge is 0.316 e. The summed E-state index contributed by atoms with van der Waals surface area (Å²) in [5.41, 5.74) is 5.21. The highest BCUT2D eigenvalue weighted by molar-refractivity contribution is 5.82. The van der Waals surface area contributed by atoms with Crippen molar-refractivity contribution in [3.63, 3.8) is 0 Å². The highest BCUT2D eigenvalue weighted by Crippen LogP contribution is 2.23. The molecule has 0 aliphatic rings. The van der Waals surface area contributed by atoms with Gasteiger partial charge in [0.1, 0.15) is 0 Å². The van der Waals surface area contributed by atoms with Crippen LogP contribution in [0.4, 0.5) is 0 Å². The van der Waals surface area contributed by atoms with Gasteiger partial charge in [-0.15, -0.1) is 0 Å². The Bertz CT molecular complexity index is 677. The van der Waals surface area contributed by atoms with Crippen LogP contribution >= 0.6 is 0 Å². The van der Waals surface area contributed by atoms with Crippen molar-refractivity contribution in [2.75, 3.05) is 0 Å². The van der Waals surface area contributed by atoms with Crippen molar-refractivity contribution in [2.24, 2.45) is 0 Å². The van der Waals surface area contributed by atoms with E-state index < -0.39 is 0 Å². The van der Waals surface area contributed by atoms with Gasteiger partial charge in [0, 0.05) is 11.9 Å². The molecule has 2 aromatic carbocycles. The summed E-state index contributed by atoms with van der Waals surface area (Å²) in [5, 5.41) is 1.29. The second-order valence-corrected chi connectivity index (χ2v) is 4.46. The lowest BCUT2D eigenvalue weighted by atomic mass is 10.1. The summed E-state index contributed by atoms with van der Waals surface area (Å²) >= 11 is 0. The van der Waals surface area contributed by atoms with Gasteiger partial charge in [0.15, 0.2) is 0 Å². The Hall–Kier alpha value is -2.02. The van der Waals surface area contributed by atoms with E-state index in [1.807, 2.05) is 0 Å². The average Bonchev–Trinajstić information content (AvgIpc) is 2.77. The van der Waals surface area contributed by atoms with Crippen molar-refractivity contribution in [2.45, 2.75) is 13.8 Å². The maximum atomic E-state index is 2.26. The Morgan fingerprint density at radius 2 is 1.65 bits per heavy atom. The van der Waals surface area contributed by atoms with E-state index in [1.54, 1.807) is 0 Å². The molecule has 0 saturated heterocycles. The molecule has 0 aliphatic carbocycles. The fourth-order valence-corrected chi connectivity index (χ4v) is 2.29. The number of nitrogens with zero attached hydrogens (tertiary/aromatic N) is 1. The molecule has 3 rings (SSSR count). The van der Waals surface area contributed by atoms with Crippen LogP contribution in [0.25, 0.3) is 16.6 Å². The molecule has 1 nitrogen and oxygen atoms in total. The van der Waals surface area contributed by atoms with E-state index in [0.29, 0.717) is 0 Å². The first-order valence-corrected chi connectivity index (χ1v) is 5.90. The van der Waals surface area contributed by atoms with Gasteiger partial charge in [-0.05, 0) is 48.6 Å². The Morgan fingerprint density at radius 3 is 2.53 bits per heavy atom. The predicted molar refractivity (Wildman–Crippen MR) is 72.7 cm³/mol. The smallest absolute Gasteiger partial charge is 0.0528 e. The number of hydrogen-bond donors (Lipinski definition) is 0. The van der Waals surface area contributed by atoms with Gasteiger partial charge in [-0.25, -0.2) is 0 Å². The first-order chi connectivity index (χ1) is 8.27. The van der Waals surface area contributed by atoms with Crippen molar-refractivity contribution in [3.05, 3.63) is 65.9 Å². The third-order valence-corrected chi connectivity index (χ3v) is 3.44. The lowest BCUT2D eigenvalue weighted by Crippen LogP contribution is -1.96. The van der Waals surface area contributed by atoms with Crippen LogP contribution in [-0.4, -0.2) is 4.57 Å². The molecule has 0 aliphatic heterocycles. The summed E-state index contributed by atoms with van der Waals surface area (Å²) in [4.78, 5) is 0. The zero-order valence-corrected chi connectivity index (χ0v) is 10.1. The van der Waals surface area contributed by atoms with Crippen LogP contribution in [0, 0.1) is 13.8 Å². The molecule has 0 saturated carbocycles. The Balaban J connectivity index is 2.31. The molecule has 0 unspecified atom stereocenters. The van der Waals surface area contributed by atoms with Crippen LogP contribution in [0.3, 0.4) is 0 Å². The van der Waals surface area contributed by atoms with E-state index in [4.69, 9.17) is 0 Å². The molecule has 0 radical (unpaired) electrons. The zero-order valence-electron chi connectivity index (χ0n) is 10.1. The summed E-state index contributed by atoms with van der Waals surface area (Å²) < 4.78 is 2.26. The molecule has 0 amide bonds. The predicted octanol–water partition coefficient (Wildman–Crippen LogP) is 4.25. The van der Waals surface area contributed by atoms with E-state index in [9.17, 15) is 0 Å². The molecular formula is C16H15N. The minimum Gasteiger partial charge on any atom is -0.316 e. The second kappa shape index (κ2) is 3.77. The van der Waals surface area contributed by atoms with Crippen LogP contribution in [-0.2, 0) is 0 Å². The minimum absolute atomic E-state index is 1.27. The third-order valence-electron chi connectivity index (χ3n) is 3.44. The molecule has 0 fully saturated rings. The van der Waals surface area contributed by atoms with Crippen LogP contribution in [0.5, 0.6) is 0 Å². The van der Waals surface area contributed by atoms with Gasteiger partial charge < -0.3 is 4.57 Å².